The quantitative estimate of drug-likeness (QED) is 0.352. The summed E-state index contributed by atoms with van der Waals surface area (Å²) in [6.45, 7) is 1.38. The first kappa shape index (κ1) is 23.8. The van der Waals surface area contributed by atoms with Gasteiger partial charge in [0.05, 0.1) is 6.26 Å². The van der Waals surface area contributed by atoms with Gasteiger partial charge in [-0.15, -0.1) is 37.1 Å². The molecule has 1 aliphatic rings. The Balaban J connectivity index is 0.00000364. The van der Waals surface area contributed by atoms with Crippen LogP contribution in [0.4, 0.5) is 18.9 Å². The number of nitrogens with zero attached hydrogens (tertiary/aromatic N) is 2. The molecular formula is C15H22F3IN4O3S. The first-order valence-electron chi connectivity index (χ1n) is 7.91. The van der Waals surface area contributed by atoms with E-state index in [9.17, 15) is 21.6 Å². The Bertz CT molecular complexity index is 734. The highest BCUT2D eigenvalue weighted by Gasteiger charge is 2.31. The Hall–Kier alpha value is -1.28. The fourth-order valence-electron chi connectivity index (χ4n) is 2.58. The number of nitrogens with one attached hydrogen (secondary N) is 1. The predicted molar refractivity (Wildman–Crippen MR) is 108 cm³/mol. The second-order valence-electron chi connectivity index (χ2n) is 6.03. The van der Waals surface area contributed by atoms with Crippen molar-refractivity contribution in [2.24, 2.45) is 16.6 Å². The van der Waals surface area contributed by atoms with E-state index in [1.807, 2.05) is 0 Å². The van der Waals surface area contributed by atoms with Crippen molar-refractivity contribution in [2.45, 2.75) is 19.2 Å². The normalized spacial score (nSPS) is 17.3. The zero-order valence-corrected chi connectivity index (χ0v) is 17.7. The molecule has 1 fully saturated rings. The molecule has 7 nitrogen and oxygen atoms in total. The van der Waals surface area contributed by atoms with Crippen molar-refractivity contribution >= 4 is 45.6 Å². The van der Waals surface area contributed by atoms with Gasteiger partial charge in [-0.25, -0.2) is 12.7 Å². The van der Waals surface area contributed by atoms with Crippen LogP contribution in [-0.2, 0) is 10.0 Å². The first-order chi connectivity index (χ1) is 12.0. The number of hydrogen-bond donors (Lipinski definition) is 2. The molecule has 1 aromatic carbocycles. The van der Waals surface area contributed by atoms with Gasteiger partial charge in [0.15, 0.2) is 5.96 Å². The second-order valence-corrected chi connectivity index (χ2v) is 8.01. The number of benzene rings is 1. The average Bonchev–Trinajstić information content (AvgIpc) is 2.53. The molecular weight excluding hydrogens is 500 g/mol. The summed E-state index contributed by atoms with van der Waals surface area (Å²) < 4.78 is 64.5. The fraction of sp³-hybridized carbons (Fsp3) is 0.533. The fourth-order valence-corrected chi connectivity index (χ4v) is 3.45. The largest absolute Gasteiger partial charge is 0.573 e. The van der Waals surface area contributed by atoms with E-state index in [4.69, 9.17) is 5.73 Å². The second kappa shape index (κ2) is 9.78. The number of ether oxygens (including phenoxy) is 1. The van der Waals surface area contributed by atoms with Gasteiger partial charge >= 0.3 is 6.36 Å². The van der Waals surface area contributed by atoms with Crippen molar-refractivity contribution in [1.29, 1.82) is 0 Å². The highest BCUT2D eigenvalue weighted by molar-refractivity contribution is 14.0. The Morgan fingerprint density at radius 1 is 1.30 bits per heavy atom. The topological polar surface area (TPSA) is 97.0 Å². The van der Waals surface area contributed by atoms with E-state index in [-0.39, 0.29) is 41.6 Å². The molecule has 27 heavy (non-hydrogen) atoms. The first-order valence-corrected chi connectivity index (χ1v) is 9.75. The van der Waals surface area contributed by atoms with Gasteiger partial charge in [-0.3, -0.25) is 4.99 Å². The Kier molecular flexibility index (Phi) is 8.60. The number of guanidine groups is 1. The van der Waals surface area contributed by atoms with Crippen LogP contribution in [0, 0.1) is 5.92 Å². The predicted octanol–water partition coefficient (Wildman–Crippen LogP) is 2.60. The molecule has 0 bridgehead atoms. The molecule has 0 unspecified atom stereocenters. The summed E-state index contributed by atoms with van der Waals surface area (Å²) in [7, 11) is -3.16. The summed E-state index contributed by atoms with van der Waals surface area (Å²) in [5, 5.41) is 2.79. The lowest BCUT2D eigenvalue weighted by molar-refractivity contribution is -0.274. The summed E-state index contributed by atoms with van der Waals surface area (Å²) in [5.74, 6) is 0.0483. The minimum atomic E-state index is -4.73. The van der Waals surface area contributed by atoms with Crippen molar-refractivity contribution in [3.05, 3.63) is 24.3 Å². The van der Waals surface area contributed by atoms with Crippen LogP contribution in [-0.4, -0.2) is 50.9 Å². The zero-order valence-electron chi connectivity index (χ0n) is 14.6. The molecule has 3 N–H and O–H groups in total. The Morgan fingerprint density at radius 3 is 2.33 bits per heavy atom. The number of aliphatic imine (C=N–C) groups is 1. The summed E-state index contributed by atoms with van der Waals surface area (Å²) in [5.41, 5.74) is 6.26. The Labute approximate surface area is 173 Å². The van der Waals surface area contributed by atoms with Gasteiger partial charge in [-0.2, -0.15) is 0 Å². The molecule has 0 atom stereocenters. The van der Waals surface area contributed by atoms with Gasteiger partial charge in [0.25, 0.3) is 0 Å². The number of rotatable bonds is 5. The molecule has 0 radical (unpaired) electrons. The average molecular weight is 522 g/mol. The molecule has 0 saturated carbocycles. The minimum absolute atomic E-state index is 0. The number of piperidine rings is 1. The molecule has 1 aromatic rings. The lowest BCUT2D eigenvalue weighted by Crippen LogP contribution is -2.38. The molecule has 2 rings (SSSR count). The van der Waals surface area contributed by atoms with Crippen molar-refractivity contribution in [1.82, 2.24) is 4.31 Å². The van der Waals surface area contributed by atoms with Crippen molar-refractivity contribution < 1.29 is 26.3 Å². The van der Waals surface area contributed by atoms with Gasteiger partial charge in [-0.1, -0.05) is 0 Å². The van der Waals surface area contributed by atoms with Gasteiger partial charge in [0, 0.05) is 25.3 Å². The SMILES string of the molecule is CS(=O)(=O)N1CCC(CN=C(N)Nc2ccc(OC(F)(F)F)cc2)CC1.I. The van der Waals surface area contributed by atoms with Crippen molar-refractivity contribution in [3.8, 4) is 5.75 Å². The molecule has 0 aliphatic carbocycles. The lowest BCUT2D eigenvalue weighted by Gasteiger charge is -2.29. The van der Waals surface area contributed by atoms with Gasteiger partial charge in [0.1, 0.15) is 5.75 Å². The molecule has 12 heteroatoms. The summed E-state index contributed by atoms with van der Waals surface area (Å²) in [6.07, 6.45) is -2.14. The molecule has 0 aromatic heterocycles. The van der Waals surface area contributed by atoms with Crippen LogP contribution < -0.4 is 15.8 Å². The smallest absolute Gasteiger partial charge is 0.406 e. The maximum atomic E-state index is 12.1. The third-order valence-corrected chi connectivity index (χ3v) is 5.23. The number of hydrogen-bond acceptors (Lipinski definition) is 4. The number of sulfonamides is 1. The van der Waals surface area contributed by atoms with E-state index in [1.165, 1.54) is 34.8 Å². The molecule has 1 heterocycles. The van der Waals surface area contributed by atoms with E-state index in [1.54, 1.807) is 0 Å². The van der Waals surface area contributed by atoms with Crippen LogP contribution in [0.2, 0.25) is 0 Å². The third-order valence-electron chi connectivity index (χ3n) is 3.92. The summed E-state index contributed by atoms with van der Waals surface area (Å²) in [6, 6.07) is 5.14. The van der Waals surface area contributed by atoms with Crippen LogP contribution in [0.1, 0.15) is 12.8 Å². The number of halogens is 4. The van der Waals surface area contributed by atoms with E-state index >= 15 is 0 Å². The molecule has 154 valence electrons. The Morgan fingerprint density at radius 2 is 1.85 bits per heavy atom. The minimum Gasteiger partial charge on any atom is -0.406 e. The van der Waals surface area contributed by atoms with Crippen LogP contribution in [0.3, 0.4) is 0 Å². The van der Waals surface area contributed by atoms with E-state index in [0.717, 1.165) is 0 Å². The van der Waals surface area contributed by atoms with Crippen LogP contribution >= 0.6 is 24.0 Å². The number of nitrogens with two attached hydrogens (primary N) is 1. The van der Waals surface area contributed by atoms with E-state index < -0.39 is 16.4 Å². The summed E-state index contributed by atoms with van der Waals surface area (Å²) in [4.78, 5) is 4.22. The maximum absolute atomic E-state index is 12.1. The van der Waals surface area contributed by atoms with Crippen molar-refractivity contribution in [3.63, 3.8) is 0 Å². The standard InChI is InChI=1S/C15H21F3N4O3S.HI/c1-26(23,24)22-8-6-11(7-9-22)10-20-14(19)21-12-2-4-13(5-3-12)25-15(16,17)18;/h2-5,11H,6-10H2,1H3,(H3,19,20,21);1H. The van der Waals surface area contributed by atoms with Gasteiger partial charge in [0.2, 0.25) is 10.0 Å². The highest BCUT2D eigenvalue weighted by Crippen LogP contribution is 2.24. The number of anilines is 1. The third kappa shape index (κ3) is 8.51. The van der Waals surface area contributed by atoms with Crippen LogP contribution in [0.25, 0.3) is 0 Å². The molecule has 0 spiro atoms. The van der Waals surface area contributed by atoms with Crippen molar-refractivity contribution in [2.75, 3.05) is 31.2 Å². The van der Waals surface area contributed by atoms with Crippen LogP contribution in [0.15, 0.2) is 29.3 Å². The van der Waals surface area contributed by atoms with Gasteiger partial charge in [-0.05, 0) is 43.0 Å². The lowest BCUT2D eigenvalue weighted by atomic mass is 9.98. The number of alkyl halides is 3. The molecule has 0 amide bonds. The molecule has 1 aliphatic heterocycles. The highest BCUT2D eigenvalue weighted by atomic mass is 127. The van der Waals surface area contributed by atoms with E-state index in [2.05, 4.69) is 15.0 Å². The zero-order chi connectivity index (χ0) is 19.4. The molecule has 1 saturated heterocycles. The monoisotopic (exact) mass is 522 g/mol. The van der Waals surface area contributed by atoms with E-state index in [0.29, 0.717) is 38.2 Å². The summed E-state index contributed by atoms with van der Waals surface area (Å²) >= 11 is 0. The van der Waals surface area contributed by atoms with Gasteiger partial charge < -0.3 is 15.8 Å². The van der Waals surface area contributed by atoms with Crippen LogP contribution in [0.5, 0.6) is 5.75 Å². The maximum Gasteiger partial charge on any atom is 0.573 e.